The minimum absolute atomic E-state index is 0.0792. The average Bonchev–Trinajstić information content (AvgIpc) is 2.34. The van der Waals surface area contributed by atoms with Crippen molar-refractivity contribution in [3.8, 4) is 0 Å². The van der Waals surface area contributed by atoms with Crippen molar-refractivity contribution < 1.29 is 24.5 Å². The van der Waals surface area contributed by atoms with E-state index in [2.05, 4.69) is 0 Å². The predicted molar refractivity (Wildman–Crippen MR) is 59.1 cm³/mol. The summed E-state index contributed by atoms with van der Waals surface area (Å²) in [4.78, 5) is 21.9. The second-order valence-corrected chi connectivity index (χ2v) is 3.57. The Morgan fingerprint density at radius 1 is 1.24 bits per heavy atom. The van der Waals surface area contributed by atoms with Crippen LogP contribution in [-0.2, 0) is 20.9 Å². The fourth-order valence-electron chi connectivity index (χ4n) is 1.28. The van der Waals surface area contributed by atoms with Crippen LogP contribution in [0.3, 0.4) is 0 Å². The Labute approximate surface area is 98.6 Å². The van der Waals surface area contributed by atoms with E-state index in [0.29, 0.717) is 0 Å². The lowest BCUT2D eigenvalue weighted by Crippen LogP contribution is -2.24. The fourth-order valence-corrected chi connectivity index (χ4v) is 1.28. The number of hydrogen-bond donors (Lipinski definition) is 2. The molecule has 0 fully saturated rings. The molecule has 0 spiro atoms. The van der Waals surface area contributed by atoms with Gasteiger partial charge >= 0.3 is 11.9 Å². The maximum absolute atomic E-state index is 11.4. The number of benzene rings is 1. The van der Waals surface area contributed by atoms with Crippen molar-refractivity contribution in [1.82, 2.24) is 0 Å². The summed E-state index contributed by atoms with van der Waals surface area (Å²) in [5.74, 6) is -2.84. The number of esters is 1. The summed E-state index contributed by atoms with van der Waals surface area (Å²) in [5, 5.41) is 17.4. The number of ether oxygens (including phenoxy) is 1. The van der Waals surface area contributed by atoms with E-state index in [1.807, 2.05) is 18.2 Å². The van der Waals surface area contributed by atoms with Crippen LogP contribution < -0.4 is 0 Å². The van der Waals surface area contributed by atoms with Gasteiger partial charge in [0.25, 0.3) is 0 Å². The Balaban J connectivity index is 2.45. The molecule has 0 aromatic heterocycles. The fraction of sp³-hybridized carbons (Fsp3) is 0.333. The van der Waals surface area contributed by atoms with Crippen LogP contribution in [-0.4, -0.2) is 28.8 Å². The maximum Gasteiger partial charge on any atom is 0.312 e. The Bertz CT molecular complexity index is 374. The van der Waals surface area contributed by atoms with Crippen LogP contribution in [0.25, 0.3) is 0 Å². The van der Waals surface area contributed by atoms with Crippen molar-refractivity contribution in [3.05, 3.63) is 35.9 Å². The summed E-state index contributed by atoms with van der Waals surface area (Å²) in [6.45, 7) is -0.449. The third kappa shape index (κ3) is 4.65. The van der Waals surface area contributed by atoms with Crippen LogP contribution in [0.2, 0.25) is 0 Å². The number of rotatable bonds is 6. The molecule has 92 valence electrons. The van der Waals surface area contributed by atoms with E-state index in [-0.39, 0.29) is 6.61 Å². The highest BCUT2D eigenvalue weighted by molar-refractivity contribution is 5.79. The Kier molecular flexibility index (Phi) is 5.16. The van der Waals surface area contributed by atoms with Crippen LogP contribution in [0, 0.1) is 5.92 Å². The zero-order valence-corrected chi connectivity index (χ0v) is 9.20. The highest BCUT2D eigenvalue weighted by Gasteiger charge is 2.22. The summed E-state index contributed by atoms with van der Waals surface area (Å²) < 4.78 is 4.92. The highest BCUT2D eigenvalue weighted by atomic mass is 16.5. The molecular weight excluding hydrogens is 224 g/mol. The second kappa shape index (κ2) is 6.65. The smallest absolute Gasteiger partial charge is 0.312 e. The molecule has 0 saturated heterocycles. The number of hydrogen-bond acceptors (Lipinski definition) is 4. The van der Waals surface area contributed by atoms with Gasteiger partial charge in [0.1, 0.15) is 6.61 Å². The number of carbonyl (C=O) groups is 2. The van der Waals surface area contributed by atoms with Crippen molar-refractivity contribution in [1.29, 1.82) is 0 Å². The van der Waals surface area contributed by atoms with E-state index in [4.69, 9.17) is 14.9 Å². The second-order valence-electron chi connectivity index (χ2n) is 3.57. The van der Waals surface area contributed by atoms with E-state index in [9.17, 15) is 9.59 Å². The Hall–Kier alpha value is -1.88. The molecule has 0 amide bonds. The lowest BCUT2D eigenvalue weighted by atomic mass is 10.1. The number of aliphatic hydroxyl groups excluding tert-OH is 1. The van der Waals surface area contributed by atoms with Gasteiger partial charge in [-0.25, -0.2) is 0 Å². The molecule has 0 bridgehead atoms. The third-order valence-corrected chi connectivity index (χ3v) is 2.20. The van der Waals surface area contributed by atoms with Gasteiger partial charge in [0.15, 0.2) is 0 Å². The standard InChI is InChI=1S/C12H14O5/c13-7-10(6-11(14)15)12(16)17-8-9-4-2-1-3-5-9/h1-5,10,13H,6-8H2,(H,14,15)/t10-/m1/s1. The van der Waals surface area contributed by atoms with Gasteiger partial charge in [-0.2, -0.15) is 0 Å². The molecule has 0 aliphatic carbocycles. The van der Waals surface area contributed by atoms with Gasteiger partial charge in [0.05, 0.1) is 18.9 Å². The monoisotopic (exact) mass is 238 g/mol. The van der Waals surface area contributed by atoms with Gasteiger partial charge in [0.2, 0.25) is 0 Å². The molecule has 0 aliphatic rings. The largest absolute Gasteiger partial charge is 0.481 e. The molecule has 1 rings (SSSR count). The first-order valence-electron chi connectivity index (χ1n) is 5.16. The van der Waals surface area contributed by atoms with Gasteiger partial charge in [-0.05, 0) is 5.56 Å². The van der Waals surface area contributed by atoms with Crippen molar-refractivity contribution in [2.75, 3.05) is 6.61 Å². The Morgan fingerprint density at radius 2 is 1.88 bits per heavy atom. The number of carbonyl (C=O) groups excluding carboxylic acids is 1. The number of carboxylic acids is 1. The SMILES string of the molecule is O=C(O)C[C@H](CO)C(=O)OCc1ccccc1. The van der Waals surface area contributed by atoms with E-state index in [1.54, 1.807) is 12.1 Å². The van der Waals surface area contributed by atoms with E-state index >= 15 is 0 Å². The molecular formula is C12H14O5. The molecule has 1 atom stereocenters. The van der Waals surface area contributed by atoms with Crippen molar-refractivity contribution in [3.63, 3.8) is 0 Å². The lowest BCUT2D eigenvalue weighted by Gasteiger charge is -2.11. The summed E-state index contributed by atoms with van der Waals surface area (Å²) in [7, 11) is 0. The molecule has 2 N–H and O–H groups in total. The van der Waals surface area contributed by atoms with E-state index in [0.717, 1.165) is 5.56 Å². The molecule has 17 heavy (non-hydrogen) atoms. The molecule has 0 radical (unpaired) electrons. The predicted octanol–water partition coefficient (Wildman–Crippen LogP) is 0.813. The number of aliphatic hydroxyl groups is 1. The topological polar surface area (TPSA) is 83.8 Å². The van der Waals surface area contributed by atoms with Gasteiger partial charge in [-0.3, -0.25) is 9.59 Å². The maximum atomic E-state index is 11.4. The van der Waals surface area contributed by atoms with Crippen molar-refractivity contribution >= 4 is 11.9 Å². The quantitative estimate of drug-likeness (QED) is 0.716. The normalized spacial score (nSPS) is 11.8. The molecule has 5 nitrogen and oxygen atoms in total. The minimum atomic E-state index is -1.14. The summed E-state index contributed by atoms with van der Waals surface area (Å²) in [6, 6.07) is 9.04. The number of aliphatic carboxylic acids is 1. The summed E-state index contributed by atoms with van der Waals surface area (Å²) in [5.41, 5.74) is 0.813. The summed E-state index contributed by atoms with van der Waals surface area (Å²) in [6.07, 6.45) is -0.426. The zero-order chi connectivity index (χ0) is 12.7. The molecule has 5 heteroatoms. The van der Waals surface area contributed by atoms with Crippen LogP contribution in [0.4, 0.5) is 0 Å². The van der Waals surface area contributed by atoms with Gasteiger partial charge in [-0.15, -0.1) is 0 Å². The molecule has 1 aromatic rings. The minimum Gasteiger partial charge on any atom is -0.481 e. The van der Waals surface area contributed by atoms with Crippen LogP contribution in [0.15, 0.2) is 30.3 Å². The molecule has 0 aliphatic heterocycles. The molecule has 1 aromatic carbocycles. The first kappa shape index (κ1) is 13.2. The van der Waals surface area contributed by atoms with Gasteiger partial charge < -0.3 is 14.9 Å². The van der Waals surface area contributed by atoms with Gasteiger partial charge in [-0.1, -0.05) is 30.3 Å². The number of carboxylic acid groups (broad SMARTS) is 1. The Morgan fingerprint density at radius 3 is 2.41 bits per heavy atom. The highest BCUT2D eigenvalue weighted by Crippen LogP contribution is 2.08. The third-order valence-electron chi connectivity index (χ3n) is 2.20. The average molecular weight is 238 g/mol. The van der Waals surface area contributed by atoms with Crippen LogP contribution in [0.5, 0.6) is 0 Å². The lowest BCUT2D eigenvalue weighted by molar-refractivity contribution is -0.155. The summed E-state index contributed by atoms with van der Waals surface area (Å²) >= 11 is 0. The van der Waals surface area contributed by atoms with E-state index in [1.165, 1.54) is 0 Å². The van der Waals surface area contributed by atoms with E-state index < -0.39 is 30.9 Å². The van der Waals surface area contributed by atoms with Gasteiger partial charge in [0, 0.05) is 0 Å². The molecule has 0 saturated carbocycles. The molecule has 0 unspecified atom stereocenters. The van der Waals surface area contributed by atoms with Crippen LogP contribution in [0.1, 0.15) is 12.0 Å². The van der Waals surface area contributed by atoms with Crippen molar-refractivity contribution in [2.24, 2.45) is 5.92 Å². The first-order chi connectivity index (χ1) is 8.13. The first-order valence-corrected chi connectivity index (χ1v) is 5.16. The zero-order valence-electron chi connectivity index (χ0n) is 9.20. The molecule has 0 heterocycles. The van der Waals surface area contributed by atoms with Crippen LogP contribution >= 0.6 is 0 Å². The van der Waals surface area contributed by atoms with Crippen molar-refractivity contribution in [2.45, 2.75) is 13.0 Å².